The van der Waals surface area contributed by atoms with Gasteiger partial charge < -0.3 is 15.4 Å². The Hall–Kier alpha value is -2.67. The van der Waals surface area contributed by atoms with Gasteiger partial charge in [-0.15, -0.1) is 10.2 Å². The van der Waals surface area contributed by atoms with Gasteiger partial charge >= 0.3 is 0 Å². The Morgan fingerprint density at radius 3 is 2.61 bits per heavy atom. The lowest BCUT2D eigenvalue weighted by Gasteiger charge is -2.08. The van der Waals surface area contributed by atoms with E-state index >= 15 is 0 Å². The number of nitrogens with two attached hydrogens (primary N) is 1. The Labute approximate surface area is 188 Å². The molecule has 0 unspecified atom stereocenters. The van der Waals surface area contributed by atoms with Gasteiger partial charge in [-0.3, -0.25) is 4.79 Å². The summed E-state index contributed by atoms with van der Waals surface area (Å²) in [6.07, 6.45) is 0. The lowest BCUT2D eigenvalue weighted by atomic mass is 10.2. The number of rotatable bonds is 9. The fourth-order valence-corrected chi connectivity index (χ4v) is 4.93. The number of aryl methyl sites for hydroxylation is 1. The van der Waals surface area contributed by atoms with Crippen LogP contribution in [0.25, 0.3) is 0 Å². The van der Waals surface area contributed by atoms with Crippen LogP contribution >= 0.6 is 23.1 Å². The van der Waals surface area contributed by atoms with E-state index in [1.54, 1.807) is 26.2 Å². The van der Waals surface area contributed by atoms with Crippen molar-refractivity contribution in [3.8, 4) is 5.75 Å². The van der Waals surface area contributed by atoms with Crippen LogP contribution in [0.1, 0.15) is 11.1 Å². The molecule has 0 spiro atoms. The third-order valence-corrected chi connectivity index (χ3v) is 7.18. The second kappa shape index (κ2) is 10.1. The van der Waals surface area contributed by atoms with Crippen molar-refractivity contribution in [2.75, 3.05) is 23.5 Å². The molecular formula is C19H21N5O4S3. The summed E-state index contributed by atoms with van der Waals surface area (Å²) in [5.74, 6) is 0.603. The molecule has 0 aliphatic heterocycles. The van der Waals surface area contributed by atoms with Crippen molar-refractivity contribution in [2.45, 2.75) is 22.7 Å². The standard InChI is InChI=1S/C19H21N5O4S3/c1-12-3-6-14(9-16(12)31(20,26)27)22-17(25)11-29-19-24-23-18(30-19)21-10-13-4-7-15(28-2)8-5-13/h3-9H,10-11H2,1-2H3,(H,21,23)(H,22,25)(H2,20,26,27). The number of sulfonamides is 1. The van der Waals surface area contributed by atoms with Gasteiger partial charge in [0.05, 0.1) is 17.8 Å². The maximum Gasteiger partial charge on any atom is 0.238 e. The van der Waals surface area contributed by atoms with Crippen LogP contribution in [0.3, 0.4) is 0 Å². The average Bonchev–Trinajstić information content (AvgIpc) is 3.19. The van der Waals surface area contributed by atoms with Crippen molar-refractivity contribution in [1.29, 1.82) is 0 Å². The number of hydrogen-bond donors (Lipinski definition) is 3. The molecule has 0 aliphatic carbocycles. The molecule has 1 heterocycles. The molecule has 3 rings (SSSR count). The number of aromatic nitrogens is 2. The SMILES string of the molecule is COc1ccc(CNc2nnc(SCC(=O)Nc3ccc(C)c(S(N)(=O)=O)c3)s2)cc1. The van der Waals surface area contributed by atoms with Crippen molar-refractivity contribution in [3.05, 3.63) is 53.6 Å². The molecule has 2 aromatic carbocycles. The maximum absolute atomic E-state index is 12.2. The first kappa shape index (κ1) is 23.0. The molecular weight excluding hydrogens is 458 g/mol. The van der Waals surface area contributed by atoms with Gasteiger partial charge in [0.1, 0.15) is 5.75 Å². The molecule has 0 radical (unpaired) electrons. The highest BCUT2D eigenvalue weighted by Crippen LogP contribution is 2.26. The first-order valence-electron chi connectivity index (χ1n) is 9.01. The molecule has 31 heavy (non-hydrogen) atoms. The number of benzene rings is 2. The Morgan fingerprint density at radius 1 is 1.19 bits per heavy atom. The zero-order valence-electron chi connectivity index (χ0n) is 16.8. The van der Waals surface area contributed by atoms with Gasteiger partial charge in [0.25, 0.3) is 0 Å². The van der Waals surface area contributed by atoms with E-state index in [4.69, 9.17) is 9.88 Å². The van der Waals surface area contributed by atoms with Gasteiger partial charge in [0.2, 0.25) is 21.1 Å². The molecule has 12 heteroatoms. The number of methoxy groups -OCH3 is 1. The number of primary sulfonamides is 1. The third-order valence-electron chi connectivity index (χ3n) is 4.11. The van der Waals surface area contributed by atoms with Crippen molar-refractivity contribution in [1.82, 2.24) is 10.2 Å². The minimum Gasteiger partial charge on any atom is -0.497 e. The summed E-state index contributed by atoms with van der Waals surface area (Å²) in [4.78, 5) is 12.2. The van der Waals surface area contributed by atoms with E-state index in [1.807, 2.05) is 24.3 Å². The lowest BCUT2D eigenvalue weighted by molar-refractivity contribution is -0.113. The minimum atomic E-state index is -3.86. The number of thioether (sulfide) groups is 1. The van der Waals surface area contributed by atoms with E-state index in [-0.39, 0.29) is 16.6 Å². The Balaban J connectivity index is 1.50. The first-order valence-corrected chi connectivity index (χ1v) is 12.4. The normalized spacial score (nSPS) is 11.2. The van der Waals surface area contributed by atoms with Crippen molar-refractivity contribution in [2.24, 2.45) is 5.14 Å². The highest BCUT2D eigenvalue weighted by atomic mass is 32.2. The van der Waals surface area contributed by atoms with E-state index in [2.05, 4.69) is 20.8 Å². The summed E-state index contributed by atoms with van der Waals surface area (Å²) in [7, 11) is -2.24. The lowest BCUT2D eigenvalue weighted by Crippen LogP contribution is -2.17. The second-order valence-electron chi connectivity index (χ2n) is 6.44. The van der Waals surface area contributed by atoms with Gasteiger partial charge in [0.15, 0.2) is 4.34 Å². The van der Waals surface area contributed by atoms with Crippen LogP contribution in [-0.4, -0.2) is 37.4 Å². The molecule has 3 aromatic rings. The van der Waals surface area contributed by atoms with Crippen LogP contribution in [-0.2, 0) is 21.4 Å². The molecule has 9 nitrogen and oxygen atoms in total. The van der Waals surface area contributed by atoms with E-state index in [1.165, 1.54) is 29.2 Å². The van der Waals surface area contributed by atoms with Crippen LogP contribution in [0.2, 0.25) is 0 Å². The number of anilines is 2. The first-order chi connectivity index (χ1) is 14.7. The van der Waals surface area contributed by atoms with E-state index < -0.39 is 10.0 Å². The number of ether oxygens (including phenoxy) is 1. The summed E-state index contributed by atoms with van der Waals surface area (Å²) in [5, 5.41) is 19.8. The monoisotopic (exact) mass is 479 g/mol. The molecule has 0 atom stereocenters. The quantitative estimate of drug-likeness (QED) is 0.399. The molecule has 0 aliphatic rings. The largest absolute Gasteiger partial charge is 0.497 e. The topological polar surface area (TPSA) is 136 Å². The molecule has 1 aromatic heterocycles. The predicted octanol–water partition coefficient (Wildman–Crippen LogP) is 2.85. The van der Waals surface area contributed by atoms with Crippen molar-refractivity contribution < 1.29 is 17.9 Å². The molecule has 0 bridgehead atoms. The fourth-order valence-electron chi connectivity index (χ4n) is 2.57. The number of amides is 1. The molecule has 0 saturated carbocycles. The van der Waals surface area contributed by atoms with Gasteiger partial charge in [-0.1, -0.05) is 41.3 Å². The second-order valence-corrected chi connectivity index (χ2v) is 10.2. The van der Waals surface area contributed by atoms with Gasteiger partial charge in [-0.2, -0.15) is 0 Å². The van der Waals surface area contributed by atoms with Gasteiger partial charge in [0, 0.05) is 12.2 Å². The summed E-state index contributed by atoms with van der Waals surface area (Å²) in [6.45, 7) is 2.22. The van der Waals surface area contributed by atoms with Crippen LogP contribution in [0, 0.1) is 6.92 Å². The summed E-state index contributed by atoms with van der Waals surface area (Å²) < 4.78 is 29.0. The van der Waals surface area contributed by atoms with E-state index in [0.717, 1.165) is 11.3 Å². The predicted molar refractivity (Wildman–Crippen MR) is 122 cm³/mol. The Morgan fingerprint density at radius 2 is 1.94 bits per heavy atom. The minimum absolute atomic E-state index is 0.0188. The molecule has 164 valence electrons. The summed E-state index contributed by atoms with van der Waals surface area (Å²) in [5.41, 5.74) is 1.94. The zero-order chi connectivity index (χ0) is 22.4. The van der Waals surface area contributed by atoms with Crippen LogP contribution in [0.15, 0.2) is 51.7 Å². The molecule has 1 amide bonds. The van der Waals surface area contributed by atoms with Crippen LogP contribution in [0.5, 0.6) is 5.75 Å². The third kappa shape index (κ3) is 6.66. The van der Waals surface area contributed by atoms with Crippen molar-refractivity contribution in [3.63, 3.8) is 0 Å². The Bertz CT molecular complexity index is 1160. The average molecular weight is 480 g/mol. The number of carbonyl (C=O) groups is 1. The molecule has 4 N–H and O–H groups in total. The maximum atomic E-state index is 12.2. The van der Waals surface area contributed by atoms with E-state index in [0.29, 0.717) is 27.3 Å². The highest BCUT2D eigenvalue weighted by Gasteiger charge is 2.14. The number of nitrogens with zero attached hydrogens (tertiary/aromatic N) is 2. The van der Waals surface area contributed by atoms with Crippen LogP contribution in [0.4, 0.5) is 10.8 Å². The van der Waals surface area contributed by atoms with Crippen molar-refractivity contribution >= 4 is 49.8 Å². The number of carbonyl (C=O) groups excluding carboxylic acids is 1. The number of nitrogens with one attached hydrogen (secondary N) is 2. The van der Waals surface area contributed by atoms with Gasteiger partial charge in [-0.05, 0) is 42.3 Å². The summed E-state index contributed by atoms with van der Waals surface area (Å²) >= 11 is 2.59. The summed E-state index contributed by atoms with van der Waals surface area (Å²) in [6, 6.07) is 12.2. The molecule has 0 saturated heterocycles. The van der Waals surface area contributed by atoms with Gasteiger partial charge in [-0.25, -0.2) is 13.6 Å². The highest BCUT2D eigenvalue weighted by molar-refractivity contribution is 8.01. The Kier molecular flexibility index (Phi) is 7.49. The number of hydrogen-bond acceptors (Lipinski definition) is 9. The van der Waals surface area contributed by atoms with Crippen LogP contribution < -0.4 is 20.5 Å². The smallest absolute Gasteiger partial charge is 0.238 e. The zero-order valence-corrected chi connectivity index (χ0v) is 19.2. The van der Waals surface area contributed by atoms with E-state index in [9.17, 15) is 13.2 Å². The fraction of sp³-hybridized carbons (Fsp3) is 0.211. The molecule has 0 fully saturated rings.